The van der Waals surface area contributed by atoms with Crippen LogP contribution in [-0.2, 0) is 11.4 Å². The van der Waals surface area contributed by atoms with Crippen molar-refractivity contribution in [3.05, 3.63) is 119 Å². The number of hydrogen-bond donors (Lipinski definition) is 0. The number of carbonyl (C=O) groups excluding carboxylic acids is 1. The van der Waals surface area contributed by atoms with Crippen molar-refractivity contribution in [2.24, 2.45) is 4.99 Å². The monoisotopic (exact) mass is 631 g/mol. The molecule has 228 valence electrons. The fraction of sp³-hybridized carbons (Fsp3) is 0.265. The summed E-state index contributed by atoms with van der Waals surface area (Å²) in [6.07, 6.45) is 1.83. The Morgan fingerprint density at radius 2 is 1.73 bits per heavy atom. The Balaban J connectivity index is 1.57. The lowest BCUT2D eigenvalue weighted by Gasteiger charge is -2.30. The first-order valence-electron chi connectivity index (χ1n) is 14.3. The molecular formula is C34H34ClN3O5S. The van der Waals surface area contributed by atoms with Crippen molar-refractivity contribution in [2.45, 2.75) is 33.4 Å². The topological polar surface area (TPSA) is 82.4 Å². The van der Waals surface area contributed by atoms with Gasteiger partial charge in [0.15, 0.2) is 4.80 Å². The summed E-state index contributed by atoms with van der Waals surface area (Å²) in [6, 6.07) is 19.7. The number of halogens is 1. The van der Waals surface area contributed by atoms with Crippen molar-refractivity contribution < 1.29 is 19.0 Å². The number of benzene rings is 3. The van der Waals surface area contributed by atoms with Gasteiger partial charge in [0.1, 0.15) is 29.9 Å². The van der Waals surface area contributed by atoms with E-state index in [1.54, 1.807) is 35.8 Å². The van der Waals surface area contributed by atoms with E-state index in [1.807, 2.05) is 81.4 Å². The molecule has 0 saturated heterocycles. The summed E-state index contributed by atoms with van der Waals surface area (Å²) in [5, 5.41) is 0.654. The normalized spacial score (nSPS) is 14.6. The maximum absolute atomic E-state index is 14.1. The number of aromatic nitrogens is 1. The lowest BCUT2D eigenvalue weighted by molar-refractivity contribution is -0.127. The van der Waals surface area contributed by atoms with Crippen LogP contribution in [0.5, 0.6) is 17.2 Å². The van der Waals surface area contributed by atoms with Crippen LogP contribution in [0.15, 0.2) is 87.8 Å². The van der Waals surface area contributed by atoms with Gasteiger partial charge in [-0.05, 0) is 68.8 Å². The van der Waals surface area contributed by atoms with Crippen LogP contribution in [-0.4, -0.2) is 42.7 Å². The van der Waals surface area contributed by atoms with Crippen LogP contribution in [0.1, 0.15) is 43.5 Å². The fourth-order valence-electron chi connectivity index (χ4n) is 5.21. The van der Waals surface area contributed by atoms with Crippen molar-refractivity contribution in [3.63, 3.8) is 0 Å². The van der Waals surface area contributed by atoms with Crippen LogP contribution in [0.4, 0.5) is 0 Å². The third-order valence-corrected chi connectivity index (χ3v) is 8.92. The smallest absolute Gasteiger partial charge is 0.271 e. The SMILES string of the molecule is CCN(CC)C(=O)C1=C(C)N=c2s/c(=C/c3ccc(OCc4ccccc4Cl)cc3)c(=O)n2[C@@H]1c1cc(OC)ccc1OC. The zero-order valence-electron chi connectivity index (χ0n) is 25.3. The molecule has 44 heavy (non-hydrogen) atoms. The molecule has 0 bridgehead atoms. The number of thiazole rings is 1. The first kappa shape index (κ1) is 31.1. The summed E-state index contributed by atoms with van der Waals surface area (Å²) < 4.78 is 19.2. The number of rotatable bonds is 10. The van der Waals surface area contributed by atoms with E-state index in [4.69, 9.17) is 30.8 Å². The van der Waals surface area contributed by atoms with E-state index in [2.05, 4.69) is 0 Å². The zero-order chi connectivity index (χ0) is 31.4. The highest BCUT2D eigenvalue weighted by atomic mass is 35.5. The lowest BCUT2D eigenvalue weighted by atomic mass is 9.93. The summed E-state index contributed by atoms with van der Waals surface area (Å²) in [5.41, 5.74) is 3.11. The molecule has 5 rings (SSSR count). The minimum atomic E-state index is -0.757. The second kappa shape index (κ2) is 13.5. The van der Waals surface area contributed by atoms with Crippen LogP contribution in [0.2, 0.25) is 5.02 Å². The maximum Gasteiger partial charge on any atom is 0.271 e. The van der Waals surface area contributed by atoms with E-state index >= 15 is 0 Å². The van der Waals surface area contributed by atoms with Crippen molar-refractivity contribution in [2.75, 3.05) is 27.3 Å². The van der Waals surface area contributed by atoms with Gasteiger partial charge in [0.05, 0.1) is 30.0 Å². The number of carbonyl (C=O) groups is 1. The molecule has 0 spiro atoms. The standard InChI is InChI=1S/C34H34ClN3O5S/c1-6-37(7-2)33(40)30-21(3)36-34-38(31(30)26-19-25(41-4)16-17-28(26)42-5)32(39)29(44-34)18-22-12-14-24(15-13-22)43-20-23-10-8-9-11-27(23)35/h8-19,31H,6-7,20H2,1-5H3/b29-18+/t31-/m1/s1. The molecule has 10 heteroatoms. The summed E-state index contributed by atoms with van der Waals surface area (Å²) in [7, 11) is 3.15. The van der Waals surface area contributed by atoms with Crippen molar-refractivity contribution in [1.29, 1.82) is 0 Å². The molecule has 1 aliphatic rings. The zero-order valence-corrected chi connectivity index (χ0v) is 26.9. The van der Waals surface area contributed by atoms with Gasteiger partial charge < -0.3 is 19.1 Å². The number of methoxy groups -OCH3 is 2. The molecule has 1 amide bonds. The Morgan fingerprint density at radius 3 is 2.39 bits per heavy atom. The van der Waals surface area contributed by atoms with Gasteiger partial charge in [-0.15, -0.1) is 0 Å². The number of allylic oxidation sites excluding steroid dienone is 1. The number of likely N-dealkylation sites (N-methyl/N-ethyl adjacent to an activating group) is 1. The molecule has 1 aliphatic heterocycles. The number of fused-ring (bicyclic) bond motifs is 1. The second-order valence-corrected chi connectivity index (χ2v) is 11.5. The quantitative estimate of drug-likeness (QED) is 0.236. The molecule has 2 heterocycles. The van der Waals surface area contributed by atoms with Gasteiger partial charge in [0, 0.05) is 29.2 Å². The van der Waals surface area contributed by atoms with E-state index in [1.165, 1.54) is 11.3 Å². The van der Waals surface area contributed by atoms with Gasteiger partial charge in [0.25, 0.3) is 11.5 Å². The van der Waals surface area contributed by atoms with Crippen molar-refractivity contribution in [3.8, 4) is 17.2 Å². The van der Waals surface area contributed by atoms with Crippen LogP contribution in [0.3, 0.4) is 0 Å². The predicted octanol–water partition coefficient (Wildman–Crippen LogP) is 5.35. The van der Waals surface area contributed by atoms with E-state index in [9.17, 15) is 9.59 Å². The Labute approximate surface area is 265 Å². The molecule has 0 unspecified atom stereocenters. The molecule has 0 saturated carbocycles. The molecule has 0 aliphatic carbocycles. The minimum Gasteiger partial charge on any atom is -0.497 e. The fourth-order valence-corrected chi connectivity index (χ4v) is 6.45. The number of nitrogens with zero attached hydrogens (tertiary/aromatic N) is 3. The number of amides is 1. The van der Waals surface area contributed by atoms with Gasteiger partial charge >= 0.3 is 0 Å². The largest absolute Gasteiger partial charge is 0.497 e. The molecular weight excluding hydrogens is 598 g/mol. The van der Waals surface area contributed by atoms with Gasteiger partial charge in [-0.1, -0.05) is 53.3 Å². The summed E-state index contributed by atoms with van der Waals surface area (Å²) in [4.78, 5) is 35.0. The number of hydrogen-bond acceptors (Lipinski definition) is 7. The van der Waals surface area contributed by atoms with E-state index in [0.29, 0.717) is 68.1 Å². The van der Waals surface area contributed by atoms with E-state index < -0.39 is 6.04 Å². The maximum atomic E-state index is 14.1. The van der Waals surface area contributed by atoms with Crippen molar-refractivity contribution >= 4 is 34.9 Å². The first-order valence-corrected chi connectivity index (χ1v) is 15.5. The number of ether oxygens (including phenoxy) is 3. The lowest BCUT2D eigenvalue weighted by Crippen LogP contribution is -2.43. The highest BCUT2D eigenvalue weighted by Gasteiger charge is 2.36. The van der Waals surface area contributed by atoms with Gasteiger partial charge in [0.2, 0.25) is 0 Å². The summed E-state index contributed by atoms with van der Waals surface area (Å²) >= 11 is 7.53. The average Bonchev–Trinajstić information content (AvgIpc) is 3.34. The van der Waals surface area contributed by atoms with Crippen LogP contribution in [0, 0.1) is 0 Å². The van der Waals surface area contributed by atoms with E-state index in [0.717, 1.165) is 11.1 Å². The minimum absolute atomic E-state index is 0.173. The predicted molar refractivity (Wildman–Crippen MR) is 173 cm³/mol. The molecule has 1 aromatic heterocycles. The molecule has 8 nitrogen and oxygen atoms in total. The van der Waals surface area contributed by atoms with Gasteiger partial charge in [-0.2, -0.15) is 0 Å². The third-order valence-electron chi connectivity index (χ3n) is 7.56. The van der Waals surface area contributed by atoms with E-state index in [-0.39, 0.29) is 11.5 Å². The molecule has 4 aromatic rings. The molecule has 1 atom stereocenters. The summed E-state index contributed by atoms with van der Waals surface area (Å²) in [5.74, 6) is 1.64. The van der Waals surface area contributed by atoms with Crippen molar-refractivity contribution in [1.82, 2.24) is 9.47 Å². The Kier molecular flexibility index (Phi) is 9.56. The van der Waals surface area contributed by atoms with Gasteiger partial charge in [-0.25, -0.2) is 4.99 Å². The Hall–Kier alpha value is -4.34. The molecule has 0 N–H and O–H groups in total. The highest BCUT2D eigenvalue weighted by Crippen LogP contribution is 2.38. The van der Waals surface area contributed by atoms with Crippen LogP contribution < -0.4 is 29.1 Å². The highest BCUT2D eigenvalue weighted by molar-refractivity contribution is 7.07. The van der Waals surface area contributed by atoms with Gasteiger partial charge in [-0.3, -0.25) is 14.2 Å². The second-order valence-electron chi connectivity index (χ2n) is 10.1. The average molecular weight is 632 g/mol. The van der Waals surface area contributed by atoms with Crippen LogP contribution in [0.25, 0.3) is 6.08 Å². The first-order chi connectivity index (χ1) is 21.3. The summed E-state index contributed by atoms with van der Waals surface area (Å²) in [6.45, 7) is 7.07. The third kappa shape index (κ3) is 6.16. The molecule has 0 radical (unpaired) electrons. The Morgan fingerprint density at radius 1 is 1.02 bits per heavy atom. The Bertz CT molecular complexity index is 1890. The van der Waals surface area contributed by atoms with Crippen LogP contribution >= 0.6 is 22.9 Å². The molecule has 3 aromatic carbocycles. The molecule has 0 fully saturated rings.